The van der Waals surface area contributed by atoms with E-state index in [2.05, 4.69) is 10.6 Å². The Morgan fingerprint density at radius 1 is 1.33 bits per heavy atom. The van der Waals surface area contributed by atoms with Crippen LogP contribution in [-0.2, 0) is 11.3 Å². The van der Waals surface area contributed by atoms with Gasteiger partial charge in [-0.1, -0.05) is 18.2 Å². The molecule has 0 aliphatic rings. The van der Waals surface area contributed by atoms with Crippen molar-refractivity contribution in [3.63, 3.8) is 0 Å². The normalized spacial score (nSPS) is 10.8. The number of carboxylic acid groups (broad SMARTS) is 1. The number of aliphatic carboxylic acids is 1. The first kappa shape index (κ1) is 14.0. The first-order valence-electron chi connectivity index (χ1n) is 5.36. The molecule has 5 nitrogen and oxygen atoms in total. The number of carboxylic acids is 1. The summed E-state index contributed by atoms with van der Waals surface area (Å²) in [5.74, 6) is -1.57. The summed E-state index contributed by atoms with van der Waals surface area (Å²) in [4.78, 5) is 22.2. The standard InChI is InChI=1S/C12H15FN2O3/c1-12(2,10(16)17)15-11(18)14-7-8-5-3-4-6-9(8)13/h3-6H,7H2,1-2H3,(H,16,17)(H2,14,15,18). The van der Waals surface area contributed by atoms with Gasteiger partial charge in [0.05, 0.1) is 0 Å². The Balaban J connectivity index is 2.53. The van der Waals surface area contributed by atoms with E-state index >= 15 is 0 Å². The zero-order valence-corrected chi connectivity index (χ0v) is 10.2. The molecule has 0 bridgehead atoms. The Labute approximate surface area is 104 Å². The number of amides is 2. The maximum atomic E-state index is 13.2. The maximum absolute atomic E-state index is 13.2. The number of carbonyl (C=O) groups is 2. The van der Waals surface area contributed by atoms with Crippen molar-refractivity contribution in [2.45, 2.75) is 25.9 Å². The molecule has 3 N–H and O–H groups in total. The van der Waals surface area contributed by atoms with Gasteiger partial charge in [-0.25, -0.2) is 14.0 Å². The van der Waals surface area contributed by atoms with E-state index in [1.807, 2.05) is 0 Å². The van der Waals surface area contributed by atoms with Gasteiger partial charge in [0.15, 0.2) is 0 Å². The van der Waals surface area contributed by atoms with E-state index in [1.165, 1.54) is 26.0 Å². The Bertz CT molecular complexity index is 460. The number of rotatable bonds is 4. The molecule has 1 aromatic rings. The van der Waals surface area contributed by atoms with Crippen LogP contribution in [0.1, 0.15) is 19.4 Å². The lowest BCUT2D eigenvalue weighted by Crippen LogP contribution is -2.53. The number of halogens is 1. The minimum Gasteiger partial charge on any atom is -0.480 e. The van der Waals surface area contributed by atoms with Crippen LogP contribution < -0.4 is 10.6 Å². The van der Waals surface area contributed by atoms with Crippen LogP contribution in [0.4, 0.5) is 9.18 Å². The van der Waals surface area contributed by atoms with E-state index < -0.39 is 23.4 Å². The number of carbonyl (C=O) groups excluding carboxylic acids is 1. The average Bonchev–Trinajstić information content (AvgIpc) is 2.27. The topological polar surface area (TPSA) is 78.4 Å². The van der Waals surface area contributed by atoms with Crippen molar-refractivity contribution in [3.05, 3.63) is 35.6 Å². The lowest BCUT2D eigenvalue weighted by molar-refractivity contribution is -0.142. The molecule has 0 fully saturated rings. The van der Waals surface area contributed by atoms with E-state index in [-0.39, 0.29) is 6.54 Å². The molecule has 0 atom stereocenters. The molecule has 0 aliphatic carbocycles. The van der Waals surface area contributed by atoms with E-state index in [0.717, 1.165) is 0 Å². The van der Waals surface area contributed by atoms with Crippen molar-refractivity contribution < 1.29 is 19.1 Å². The van der Waals surface area contributed by atoms with Crippen molar-refractivity contribution in [1.29, 1.82) is 0 Å². The Morgan fingerprint density at radius 3 is 2.50 bits per heavy atom. The lowest BCUT2D eigenvalue weighted by atomic mass is 10.1. The largest absolute Gasteiger partial charge is 0.480 e. The summed E-state index contributed by atoms with van der Waals surface area (Å²) in [7, 11) is 0. The van der Waals surface area contributed by atoms with Crippen molar-refractivity contribution in [2.24, 2.45) is 0 Å². The van der Waals surface area contributed by atoms with Crippen LogP contribution in [0.3, 0.4) is 0 Å². The molecule has 1 aromatic carbocycles. The van der Waals surface area contributed by atoms with Crippen LogP contribution in [0, 0.1) is 5.82 Å². The van der Waals surface area contributed by atoms with Gasteiger partial charge < -0.3 is 15.7 Å². The Kier molecular flexibility index (Phi) is 4.25. The zero-order chi connectivity index (χ0) is 13.8. The van der Waals surface area contributed by atoms with E-state index in [0.29, 0.717) is 5.56 Å². The molecule has 0 unspecified atom stereocenters. The summed E-state index contributed by atoms with van der Waals surface area (Å²) in [6.45, 7) is 2.71. The van der Waals surface area contributed by atoms with E-state index in [9.17, 15) is 14.0 Å². The third-order valence-corrected chi connectivity index (χ3v) is 2.36. The highest BCUT2D eigenvalue weighted by molar-refractivity contribution is 5.85. The number of benzene rings is 1. The second-order valence-electron chi connectivity index (χ2n) is 4.33. The SMILES string of the molecule is CC(C)(NC(=O)NCc1ccccc1F)C(=O)O. The van der Waals surface area contributed by atoms with Gasteiger partial charge in [-0.2, -0.15) is 0 Å². The molecule has 0 radical (unpaired) electrons. The summed E-state index contributed by atoms with van der Waals surface area (Å²) < 4.78 is 13.2. The molecule has 2 amide bonds. The summed E-state index contributed by atoms with van der Waals surface area (Å²) in [5, 5.41) is 13.5. The van der Waals surface area contributed by atoms with Crippen molar-refractivity contribution in [2.75, 3.05) is 0 Å². The van der Waals surface area contributed by atoms with Gasteiger partial charge in [0, 0.05) is 12.1 Å². The van der Waals surface area contributed by atoms with E-state index in [4.69, 9.17) is 5.11 Å². The fourth-order valence-corrected chi connectivity index (χ4v) is 1.20. The van der Waals surface area contributed by atoms with Gasteiger partial charge in [0.25, 0.3) is 0 Å². The minimum absolute atomic E-state index is 0.00575. The van der Waals surface area contributed by atoms with Gasteiger partial charge in [-0.05, 0) is 19.9 Å². The Morgan fingerprint density at radius 2 is 1.94 bits per heavy atom. The number of hydrogen-bond donors (Lipinski definition) is 3. The van der Waals surface area contributed by atoms with Crippen molar-refractivity contribution >= 4 is 12.0 Å². The second kappa shape index (κ2) is 5.48. The first-order valence-corrected chi connectivity index (χ1v) is 5.36. The van der Waals surface area contributed by atoms with E-state index in [1.54, 1.807) is 12.1 Å². The summed E-state index contributed by atoms with van der Waals surface area (Å²) in [6.07, 6.45) is 0. The third-order valence-electron chi connectivity index (χ3n) is 2.36. The molecular weight excluding hydrogens is 239 g/mol. The minimum atomic E-state index is -1.38. The molecule has 98 valence electrons. The molecule has 0 spiro atoms. The molecule has 1 rings (SSSR count). The average molecular weight is 254 g/mol. The van der Waals surface area contributed by atoms with Gasteiger partial charge >= 0.3 is 12.0 Å². The van der Waals surface area contributed by atoms with Crippen LogP contribution >= 0.6 is 0 Å². The van der Waals surface area contributed by atoms with Crippen LogP contribution in [0.2, 0.25) is 0 Å². The van der Waals surface area contributed by atoms with Gasteiger partial charge in [-0.15, -0.1) is 0 Å². The van der Waals surface area contributed by atoms with Crippen LogP contribution in [0.25, 0.3) is 0 Å². The zero-order valence-electron chi connectivity index (χ0n) is 10.2. The predicted octanol–water partition coefficient (Wildman–Crippen LogP) is 1.49. The summed E-state index contributed by atoms with van der Waals surface area (Å²) in [5.41, 5.74) is -1.04. The van der Waals surface area contributed by atoms with Crippen LogP contribution in [0.15, 0.2) is 24.3 Å². The first-order chi connectivity index (χ1) is 8.33. The predicted molar refractivity (Wildman–Crippen MR) is 63.5 cm³/mol. The van der Waals surface area contributed by atoms with Gasteiger partial charge in [0.1, 0.15) is 11.4 Å². The quantitative estimate of drug-likeness (QED) is 0.761. The van der Waals surface area contributed by atoms with Crippen molar-refractivity contribution in [3.8, 4) is 0 Å². The molecule has 18 heavy (non-hydrogen) atoms. The van der Waals surface area contributed by atoms with Crippen LogP contribution in [0.5, 0.6) is 0 Å². The summed E-state index contributed by atoms with van der Waals surface area (Å²) in [6, 6.07) is 5.37. The molecule has 0 saturated heterocycles. The molecule has 6 heteroatoms. The van der Waals surface area contributed by atoms with Crippen LogP contribution in [-0.4, -0.2) is 22.6 Å². The third kappa shape index (κ3) is 3.73. The highest BCUT2D eigenvalue weighted by Gasteiger charge is 2.28. The molecule has 0 heterocycles. The number of hydrogen-bond acceptors (Lipinski definition) is 2. The van der Waals surface area contributed by atoms with Crippen molar-refractivity contribution in [1.82, 2.24) is 10.6 Å². The van der Waals surface area contributed by atoms with Gasteiger partial charge in [-0.3, -0.25) is 0 Å². The Hall–Kier alpha value is -2.11. The highest BCUT2D eigenvalue weighted by Crippen LogP contribution is 2.06. The molecule has 0 aromatic heterocycles. The lowest BCUT2D eigenvalue weighted by Gasteiger charge is -2.21. The number of nitrogens with one attached hydrogen (secondary N) is 2. The van der Waals surface area contributed by atoms with Gasteiger partial charge in [0.2, 0.25) is 0 Å². The fourth-order valence-electron chi connectivity index (χ4n) is 1.20. The highest BCUT2D eigenvalue weighted by atomic mass is 19.1. The number of urea groups is 1. The maximum Gasteiger partial charge on any atom is 0.328 e. The molecule has 0 aliphatic heterocycles. The monoisotopic (exact) mass is 254 g/mol. The molecular formula is C12H15FN2O3. The smallest absolute Gasteiger partial charge is 0.328 e. The molecule has 0 saturated carbocycles. The fraction of sp³-hybridized carbons (Fsp3) is 0.333. The summed E-state index contributed by atoms with van der Waals surface area (Å²) >= 11 is 0. The second-order valence-corrected chi connectivity index (χ2v) is 4.33.